The van der Waals surface area contributed by atoms with Gasteiger partial charge in [0.1, 0.15) is 0 Å². The lowest BCUT2D eigenvalue weighted by molar-refractivity contribution is -0.131. The topological polar surface area (TPSA) is 49.4 Å². The fraction of sp³-hybridized carbons (Fsp3) is 0.846. The predicted molar refractivity (Wildman–Crippen MR) is 73.5 cm³/mol. The highest BCUT2D eigenvalue weighted by molar-refractivity contribution is 8.13. The van der Waals surface area contributed by atoms with E-state index < -0.39 is 0 Å². The van der Waals surface area contributed by atoms with Gasteiger partial charge in [-0.05, 0) is 40.2 Å². The Morgan fingerprint density at radius 1 is 1.39 bits per heavy atom. The van der Waals surface area contributed by atoms with Gasteiger partial charge >= 0.3 is 0 Å². The van der Waals surface area contributed by atoms with Gasteiger partial charge in [0.15, 0.2) is 0 Å². The summed E-state index contributed by atoms with van der Waals surface area (Å²) in [5, 5.41) is 3.28. The lowest BCUT2D eigenvalue weighted by atomic mass is 9.99. The molecule has 2 rings (SSSR count). The van der Waals surface area contributed by atoms with Gasteiger partial charge in [0.05, 0.1) is 12.1 Å². The van der Waals surface area contributed by atoms with Crippen LogP contribution >= 0.6 is 11.8 Å². The number of nitrogens with one attached hydrogen (secondary N) is 1. The molecule has 0 spiro atoms. The van der Waals surface area contributed by atoms with Crippen molar-refractivity contribution in [3.63, 3.8) is 0 Å². The summed E-state index contributed by atoms with van der Waals surface area (Å²) in [5.41, 5.74) is -0.214. The maximum absolute atomic E-state index is 12.3. The van der Waals surface area contributed by atoms with Crippen LogP contribution in [-0.4, -0.2) is 45.8 Å². The molecule has 2 saturated heterocycles. The van der Waals surface area contributed by atoms with Crippen LogP contribution in [0.25, 0.3) is 0 Å². The SMILES string of the molecule is CC(C)(C)NC(=O)C1CSC(=O)C2CCCCN12. The average molecular weight is 270 g/mol. The van der Waals surface area contributed by atoms with E-state index >= 15 is 0 Å². The van der Waals surface area contributed by atoms with E-state index in [4.69, 9.17) is 0 Å². The van der Waals surface area contributed by atoms with Crippen molar-refractivity contribution in [1.29, 1.82) is 0 Å². The summed E-state index contributed by atoms with van der Waals surface area (Å²) in [4.78, 5) is 26.3. The second-order valence-corrected chi connectivity index (χ2v) is 7.16. The first kappa shape index (κ1) is 13.9. The Labute approximate surface area is 113 Å². The van der Waals surface area contributed by atoms with Crippen molar-refractivity contribution < 1.29 is 9.59 Å². The summed E-state index contributed by atoms with van der Waals surface area (Å²) in [5.74, 6) is 0.659. The maximum Gasteiger partial charge on any atom is 0.238 e. The first-order chi connectivity index (χ1) is 8.38. The molecular weight excluding hydrogens is 248 g/mol. The van der Waals surface area contributed by atoms with Crippen molar-refractivity contribution in [2.24, 2.45) is 0 Å². The zero-order chi connectivity index (χ0) is 13.3. The Morgan fingerprint density at radius 2 is 2.11 bits per heavy atom. The number of hydrogen-bond donors (Lipinski definition) is 1. The molecule has 2 atom stereocenters. The average Bonchev–Trinajstić information content (AvgIpc) is 2.27. The molecule has 0 aromatic heterocycles. The van der Waals surface area contributed by atoms with Crippen LogP contribution in [0, 0.1) is 0 Å². The van der Waals surface area contributed by atoms with Crippen molar-refractivity contribution in [2.45, 2.75) is 57.7 Å². The van der Waals surface area contributed by atoms with Gasteiger partial charge in [-0.3, -0.25) is 14.5 Å². The van der Waals surface area contributed by atoms with E-state index in [0.29, 0.717) is 5.75 Å². The zero-order valence-corrected chi connectivity index (χ0v) is 12.2. The summed E-state index contributed by atoms with van der Waals surface area (Å²) < 4.78 is 0. The van der Waals surface area contributed by atoms with Gasteiger partial charge in [0, 0.05) is 11.3 Å². The third kappa shape index (κ3) is 3.06. The Kier molecular flexibility index (Phi) is 4.02. The van der Waals surface area contributed by atoms with E-state index in [0.717, 1.165) is 25.8 Å². The first-order valence-corrected chi connectivity index (χ1v) is 7.61. The van der Waals surface area contributed by atoms with E-state index in [1.54, 1.807) is 0 Å². The first-order valence-electron chi connectivity index (χ1n) is 6.63. The number of fused-ring (bicyclic) bond motifs is 1. The molecule has 2 heterocycles. The van der Waals surface area contributed by atoms with Crippen molar-refractivity contribution >= 4 is 22.8 Å². The number of thioether (sulfide) groups is 1. The standard InChI is InChI=1S/C13H22N2O2S/c1-13(2,3)14-11(16)10-8-18-12(17)9-6-4-5-7-15(9)10/h9-10H,4-8H2,1-3H3,(H,14,16). The molecule has 0 aromatic rings. The highest BCUT2D eigenvalue weighted by atomic mass is 32.2. The summed E-state index contributed by atoms with van der Waals surface area (Å²) >= 11 is 1.32. The summed E-state index contributed by atoms with van der Waals surface area (Å²) in [6.45, 7) is 6.83. The van der Waals surface area contributed by atoms with E-state index in [1.807, 2.05) is 20.8 Å². The Hall–Kier alpha value is -0.550. The van der Waals surface area contributed by atoms with Crippen LogP contribution in [0.1, 0.15) is 40.0 Å². The molecule has 0 bridgehead atoms. The third-order valence-corrected chi connectivity index (χ3v) is 4.44. The van der Waals surface area contributed by atoms with Gasteiger partial charge in [-0.25, -0.2) is 0 Å². The molecule has 2 aliphatic rings. The minimum absolute atomic E-state index is 0.0341. The molecule has 2 fully saturated rings. The second kappa shape index (κ2) is 5.21. The van der Waals surface area contributed by atoms with Crippen LogP contribution in [-0.2, 0) is 9.59 Å². The van der Waals surface area contributed by atoms with Gasteiger partial charge in [-0.1, -0.05) is 18.2 Å². The number of piperidine rings is 1. The number of carbonyl (C=O) groups is 2. The molecule has 4 nitrogen and oxygen atoms in total. The fourth-order valence-electron chi connectivity index (χ4n) is 2.61. The molecular formula is C13H22N2O2S. The van der Waals surface area contributed by atoms with Crippen molar-refractivity contribution in [3.05, 3.63) is 0 Å². The zero-order valence-electron chi connectivity index (χ0n) is 11.4. The predicted octanol–water partition coefficient (Wildman–Crippen LogP) is 1.40. The van der Waals surface area contributed by atoms with E-state index in [9.17, 15) is 9.59 Å². The Bertz CT molecular complexity index is 351. The molecule has 0 aliphatic carbocycles. The second-order valence-electron chi connectivity index (χ2n) is 6.13. The number of carbonyl (C=O) groups excluding carboxylic acids is 2. The maximum atomic E-state index is 12.3. The van der Waals surface area contributed by atoms with Crippen LogP contribution in [0.4, 0.5) is 0 Å². The monoisotopic (exact) mass is 270 g/mol. The van der Waals surface area contributed by atoms with Crippen LogP contribution < -0.4 is 5.32 Å². The van der Waals surface area contributed by atoms with E-state index in [1.165, 1.54) is 11.8 Å². The highest BCUT2D eigenvalue weighted by Crippen LogP contribution is 2.30. The fourth-order valence-corrected chi connectivity index (χ4v) is 3.72. The number of rotatable bonds is 1. The molecule has 0 saturated carbocycles. The molecule has 2 aliphatic heterocycles. The molecule has 2 unspecified atom stereocenters. The summed E-state index contributed by atoms with van der Waals surface area (Å²) in [6, 6.07) is -0.176. The highest BCUT2D eigenvalue weighted by Gasteiger charge is 2.41. The minimum atomic E-state index is -0.214. The molecule has 0 aromatic carbocycles. The molecule has 5 heteroatoms. The van der Waals surface area contributed by atoms with Crippen molar-refractivity contribution in [1.82, 2.24) is 10.2 Å². The quantitative estimate of drug-likeness (QED) is 0.782. The normalized spacial score (nSPS) is 29.8. The summed E-state index contributed by atoms with van der Waals surface area (Å²) in [7, 11) is 0. The lowest BCUT2D eigenvalue weighted by Gasteiger charge is -2.43. The molecule has 102 valence electrons. The number of amides is 1. The van der Waals surface area contributed by atoms with Gasteiger partial charge in [-0.2, -0.15) is 0 Å². The lowest BCUT2D eigenvalue weighted by Crippen LogP contribution is -2.60. The van der Waals surface area contributed by atoms with Crippen LogP contribution in [0.15, 0.2) is 0 Å². The molecule has 0 radical (unpaired) electrons. The molecule has 1 amide bonds. The smallest absolute Gasteiger partial charge is 0.238 e. The molecule has 1 N–H and O–H groups in total. The van der Waals surface area contributed by atoms with Gasteiger partial charge < -0.3 is 5.32 Å². The molecule has 18 heavy (non-hydrogen) atoms. The van der Waals surface area contributed by atoms with Crippen LogP contribution in [0.5, 0.6) is 0 Å². The van der Waals surface area contributed by atoms with E-state index in [2.05, 4.69) is 10.2 Å². The Balaban J connectivity index is 2.08. The summed E-state index contributed by atoms with van der Waals surface area (Å²) in [6.07, 6.45) is 3.10. The largest absolute Gasteiger partial charge is 0.350 e. The van der Waals surface area contributed by atoms with Crippen molar-refractivity contribution in [2.75, 3.05) is 12.3 Å². The number of hydrogen-bond acceptors (Lipinski definition) is 4. The minimum Gasteiger partial charge on any atom is -0.350 e. The number of nitrogens with zero attached hydrogens (tertiary/aromatic N) is 1. The van der Waals surface area contributed by atoms with Crippen LogP contribution in [0.2, 0.25) is 0 Å². The van der Waals surface area contributed by atoms with Gasteiger partial charge in [0.2, 0.25) is 11.0 Å². The third-order valence-electron chi connectivity index (χ3n) is 3.40. The van der Waals surface area contributed by atoms with Gasteiger partial charge in [-0.15, -0.1) is 0 Å². The Morgan fingerprint density at radius 3 is 2.78 bits per heavy atom. The van der Waals surface area contributed by atoms with Gasteiger partial charge in [0.25, 0.3) is 0 Å². The van der Waals surface area contributed by atoms with E-state index in [-0.39, 0.29) is 28.6 Å². The van der Waals surface area contributed by atoms with Crippen LogP contribution in [0.3, 0.4) is 0 Å². The van der Waals surface area contributed by atoms with Crippen molar-refractivity contribution in [3.8, 4) is 0 Å².